The van der Waals surface area contributed by atoms with E-state index in [1.807, 2.05) is 12.8 Å². The highest BCUT2D eigenvalue weighted by atomic mass is 19.1. The van der Waals surface area contributed by atoms with E-state index in [9.17, 15) is 4.39 Å². The van der Waals surface area contributed by atoms with Crippen LogP contribution >= 0.6 is 0 Å². The van der Waals surface area contributed by atoms with Crippen LogP contribution in [0, 0.1) is 18.3 Å². The Balaban J connectivity index is 3.90. The van der Waals surface area contributed by atoms with Crippen LogP contribution in [0.25, 0.3) is 0 Å². The molecule has 0 saturated carbocycles. The SMILES string of the molecule is C#CC(F)/C=C\C=C(/C)OCC(C)CC. The molecular formula is C13H19FO. The van der Waals surface area contributed by atoms with Crippen LogP contribution in [0.5, 0.6) is 0 Å². The van der Waals surface area contributed by atoms with Crippen molar-refractivity contribution >= 4 is 0 Å². The van der Waals surface area contributed by atoms with Gasteiger partial charge < -0.3 is 4.74 Å². The minimum absolute atomic E-state index is 0.539. The van der Waals surface area contributed by atoms with E-state index >= 15 is 0 Å². The van der Waals surface area contributed by atoms with Crippen LogP contribution in [-0.4, -0.2) is 12.8 Å². The molecule has 0 aromatic rings. The van der Waals surface area contributed by atoms with Crippen molar-refractivity contribution in [1.29, 1.82) is 0 Å². The van der Waals surface area contributed by atoms with E-state index in [1.165, 1.54) is 6.08 Å². The molecule has 1 nitrogen and oxygen atoms in total. The van der Waals surface area contributed by atoms with E-state index in [1.54, 1.807) is 12.2 Å². The number of allylic oxidation sites excluding steroid dienone is 4. The van der Waals surface area contributed by atoms with Crippen molar-refractivity contribution in [3.05, 3.63) is 24.0 Å². The molecule has 0 aliphatic carbocycles. The molecule has 2 heteroatoms. The minimum atomic E-state index is -1.32. The van der Waals surface area contributed by atoms with Gasteiger partial charge in [-0.25, -0.2) is 4.39 Å². The van der Waals surface area contributed by atoms with Crippen molar-refractivity contribution in [2.45, 2.75) is 33.4 Å². The van der Waals surface area contributed by atoms with Gasteiger partial charge in [-0.3, -0.25) is 0 Å². The third-order valence-corrected chi connectivity index (χ3v) is 2.06. The molecule has 2 atom stereocenters. The molecule has 0 N–H and O–H groups in total. The summed E-state index contributed by atoms with van der Waals surface area (Å²) in [5, 5.41) is 0. The van der Waals surface area contributed by atoms with Gasteiger partial charge in [0, 0.05) is 0 Å². The number of rotatable bonds is 6. The number of hydrogen-bond donors (Lipinski definition) is 0. The van der Waals surface area contributed by atoms with E-state index in [0.717, 1.165) is 12.2 Å². The van der Waals surface area contributed by atoms with Crippen LogP contribution < -0.4 is 0 Å². The van der Waals surface area contributed by atoms with Crippen LogP contribution in [0.1, 0.15) is 27.2 Å². The average molecular weight is 210 g/mol. The average Bonchev–Trinajstić information content (AvgIpc) is 2.25. The summed E-state index contributed by atoms with van der Waals surface area (Å²) < 4.78 is 18.0. The molecular weight excluding hydrogens is 191 g/mol. The third-order valence-electron chi connectivity index (χ3n) is 2.06. The summed E-state index contributed by atoms with van der Waals surface area (Å²) in [6.45, 7) is 6.78. The molecule has 0 amide bonds. The second-order valence-electron chi connectivity index (χ2n) is 3.56. The fourth-order valence-electron chi connectivity index (χ4n) is 0.784. The first-order valence-electron chi connectivity index (χ1n) is 5.18. The van der Waals surface area contributed by atoms with E-state index in [0.29, 0.717) is 12.5 Å². The van der Waals surface area contributed by atoms with Gasteiger partial charge in [0.25, 0.3) is 0 Å². The topological polar surface area (TPSA) is 9.23 Å². The Bertz CT molecular complexity index is 260. The predicted octanol–water partition coefficient (Wildman–Crippen LogP) is 3.48. The van der Waals surface area contributed by atoms with Crippen LogP contribution in [-0.2, 0) is 4.74 Å². The summed E-state index contributed by atoms with van der Waals surface area (Å²) >= 11 is 0. The van der Waals surface area contributed by atoms with E-state index in [2.05, 4.69) is 13.8 Å². The van der Waals surface area contributed by atoms with Crippen molar-refractivity contribution in [2.24, 2.45) is 5.92 Å². The summed E-state index contributed by atoms with van der Waals surface area (Å²) in [6.07, 6.45) is 9.26. The fraction of sp³-hybridized carbons (Fsp3) is 0.538. The molecule has 0 bridgehead atoms. The Morgan fingerprint density at radius 3 is 2.80 bits per heavy atom. The molecule has 0 spiro atoms. The monoisotopic (exact) mass is 210 g/mol. The number of ether oxygens (including phenoxy) is 1. The summed E-state index contributed by atoms with van der Waals surface area (Å²) in [7, 11) is 0. The van der Waals surface area contributed by atoms with Crippen molar-refractivity contribution in [3.8, 4) is 12.3 Å². The molecule has 0 fully saturated rings. The van der Waals surface area contributed by atoms with Gasteiger partial charge in [0.15, 0.2) is 6.17 Å². The highest BCUT2D eigenvalue weighted by Crippen LogP contribution is 2.05. The van der Waals surface area contributed by atoms with Gasteiger partial charge in [-0.1, -0.05) is 32.3 Å². The molecule has 0 saturated heterocycles. The first-order chi connectivity index (χ1) is 7.10. The fourth-order valence-corrected chi connectivity index (χ4v) is 0.784. The van der Waals surface area contributed by atoms with Gasteiger partial charge in [-0.05, 0) is 25.0 Å². The molecule has 0 aliphatic heterocycles. The molecule has 0 radical (unpaired) electrons. The molecule has 0 aliphatic rings. The Kier molecular flexibility index (Phi) is 7.44. The molecule has 2 unspecified atom stereocenters. The maximum Gasteiger partial charge on any atom is 0.179 e. The second kappa shape index (κ2) is 8.11. The zero-order valence-corrected chi connectivity index (χ0v) is 9.66. The Hall–Kier alpha value is -1.23. The summed E-state index contributed by atoms with van der Waals surface area (Å²) in [5.41, 5.74) is 0. The Morgan fingerprint density at radius 1 is 1.60 bits per heavy atom. The molecule has 0 aromatic heterocycles. The van der Waals surface area contributed by atoms with Crippen LogP contribution in [0.2, 0.25) is 0 Å². The minimum Gasteiger partial charge on any atom is -0.498 e. The van der Waals surface area contributed by atoms with Crippen molar-refractivity contribution in [1.82, 2.24) is 0 Å². The second-order valence-corrected chi connectivity index (χ2v) is 3.56. The summed E-state index contributed by atoms with van der Waals surface area (Å²) in [4.78, 5) is 0. The maximum absolute atomic E-state index is 12.6. The third kappa shape index (κ3) is 7.81. The van der Waals surface area contributed by atoms with Gasteiger partial charge in [0.05, 0.1) is 12.4 Å². The number of hydrogen-bond acceptors (Lipinski definition) is 1. The highest BCUT2D eigenvalue weighted by molar-refractivity contribution is 5.13. The lowest BCUT2D eigenvalue weighted by Gasteiger charge is -2.10. The molecule has 15 heavy (non-hydrogen) atoms. The largest absolute Gasteiger partial charge is 0.498 e. The summed E-state index contributed by atoms with van der Waals surface area (Å²) in [6, 6.07) is 0. The van der Waals surface area contributed by atoms with Gasteiger partial charge in [-0.2, -0.15) is 0 Å². The number of alkyl halides is 1. The van der Waals surface area contributed by atoms with Crippen LogP contribution in [0.4, 0.5) is 4.39 Å². The maximum atomic E-state index is 12.6. The zero-order valence-electron chi connectivity index (χ0n) is 9.66. The number of halogens is 1. The van der Waals surface area contributed by atoms with Gasteiger partial charge >= 0.3 is 0 Å². The summed E-state index contributed by atoms with van der Waals surface area (Å²) in [5.74, 6) is 3.29. The Labute approximate surface area is 92.0 Å². The first kappa shape index (κ1) is 13.8. The van der Waals surface area contributed by atoms with E-state index < -0.39 is 6.17 Å². The first-order valence-corrected chi connectivity index (χ1v) is 5.18. The van der Waals surface area contributed by atoms with Crippen molar-refractivity contribution in [3.63, 3.8) is 0 Å². The molecule has 0 rings (SSSR count). The lowest BCUT2D eigenvalue weighted by Crippen LogP contribution is -2.02. The van der Waals surface area contributed by atoms with Crippen LogP contribution in [0.15, 0.2) is 24.0 Å². The molecule has 0 aromatic carbocycles. The van der Waals surface area contributed by atoms with E-state index in [-0.39, 0.29) is 0 Å². The number of terminal acetylenes is 1. The zero-order chi connectivity index (χ0) is 11.7. The van der Waals surface area contributed by atoms with Gasteiger partial charge in [0.2, 0.25) is 0 Å². The van der Waals surface area contributed by atoms with Gasteiger partial charge in [-0.15, -0.1) is 6.42 Å². The Morgan fingerprint density at radius 2 is 2.27 bits per heavy atom. The van der Waals surface area contributed by atoms with E-state index in [4.69, 9.17) is 11.2 Å². The highest BCUT2D eigenvalue weighted by Gasteiger charge is 1.98. The lowest BCUT2D eigenvalue weighted by molar-refractivity contribution is 0.172. The van der Waals surface area contributed by atoms with Crippen molar-refractivity contribution in [2.75, 3.05) is 6.61 Å². The van der Waals surface area contributed by atoms with Crippen molar-refractivity contribution < 1.29 is 9.13 Å². The predicted molar refractivity (Wildman–Crippen MR) is 62.0 cm³/mol. The quantitative estimate of drug-likeness (QED) is 0.370. The normalized spacial score (nSPS) is 16.1. The van der Waals surface area contributed by atoms with Crippen LogP contribution in [0.3, 0.4) is 0 Å². The smallest absolute Gasteiger partial charge is 0.179 e. The lowest BCUT2D eigenvalue weighted by atomic mass is 10.1. The standard InChI is InChI=1S/C13H19FO/c1-5-11(3)10-15-12(4)8-7-9-13(14)6-2/h2,7-9,11,13H,5,10H2,1,3-4H3/b9-7-,12-8+. The van der Waals surface area contributed by atoms with Gasteiger partial charge in [0.1, 0.15) is 0 Å². The molecule has 84 valence electrons. The molecule has 0 heterocycles.